The van der Waals surface area contributed by atoms with E-state index in [2.05, 4.69) is 52.7 Å². The van der Waals surface area contributed by atoms with Gasteiger partial charge in [0.05, 0.1) is 6.20 Å². The minimum atomic E-state index is -5.08. The van der Waals surface area contributed by atoms with Crippen molar-refractivity contribution in [2.45, 2.75) is 62.9 Å². The molecule has 46 heavy (non-hydrogen) atoms. The number of nitrogens with zero attached hydrogens (tertiary/aromatic N) is 3. The maximum Gasteiger partial charge on any atom is 0.490 e. The van der Waals surface area contributed by atoms with Gasteiger partial charge < -0.3 is 30.3 Å². The highest BCUT2D eigenvalue weighted by Gasteiger charge is 2.43. The van der Waals surface area contributed by atoms with Crippen molar-refractivity contribution in [2.24, 2.45) is 7.05 Å². The Morgan fingerprint density at radius 1 is 0.913 bits per heavy atom. The number of carbonyl (C=O) groups is 3. The molecule has 1 aromatic carbocycles. The van der Waals surface area contributed by atoms with Crippen LogP contribution in [0.2, 0.25) is 0 Å². The number of ether oxygens (including phenoxy) is 1. The van der Waals surface area contributed by atoms with E-state index in [-0.39, 0.29) is 5.60 Å². The van der Waals surface area contributed by atoms with Gasteiger partial charge >= 0.3 is 36.4 Å². The van der Waals surface area contributed by atoms with Crippen molar-refractivity contribution in [1.29, 1.82) is 0 Å². The molecule has 2 aliphatic heterocycles. The van der Waals surface area contributed by atoms with Gasteiger partial charge in [-0.1, -0.05) is 25.1 Å². The normalized spacial score (nSPS) is 17.4. The molecule has 1 saturated heterocycles. The molecular formula is C26H31F9N4O7. The average Bonchev–Trinajstić information content (AvgIpc) is 3.36. The summed E-state index contributed by atoms with van der Waals surface area (Å²) >= 11 is 0. The number of hydrogen-bond donors (Lipinski definition) is 4. The van der Waals surface area contributed by atoms with Gasteiger partial charge in [0.15, 0.2) is 0 Å². The second kappa shape index (κ2) is 16.5. The summed E-state index contributed by atoms with van der Waals surface area (Å²) in [6.07, 6.45) is -7.97. The van der Waals surface area contributed by atoms with Gasteiger partial charge in [0.1, 0.15) is 11.4 Å². The number of fused-ring (bicyclic) bond motifs is 1. The van der Waals surface area contributed by atoms with E-state index < -0.39 is 36.4 Å². The number of para-hydroxylation sites is 1. The van der Waals surface area contributed by atoms with Crippen LogP contribution in [0.25, 0.3) is 0 Å². The summed E-state index contributed by atoms with van der Waals surface area (Å²) in [4.78, 5) is 29.2. The molecule has 2 aromatic rings. The number of aryl methyl sites for hydroxylation is 1. The van der Waals surface area contributed by atoms with Gasteiger partial charge in [0.25, 0.3) is 0 Å². The highest BCUT2D eigenvalue weighted by molar-refractivity contribution is 5.73. The Bertz CT molecular complexity index is 1230. The SMILES string of the molecule is CCN1CCC2(CC1)CC(NCc1cnn(C)c1)c1ccccc1O2.O=C(O)C(F)(F)F.O=C(O)C(F)(F)F.O=C(O)C(F)(F)F. The van der Waals surface area contributed by atoms with Crippen LogP contribution in [0.15, 0.2) is 36.7 Å². The fourth-order valence-electron chi connectivity index (χ4n) is 4.19. The Labute approximate surface area is 255 Å². The zero-order valence-corrected chi connectivity index (χ0v) is 24.2. The number of alkyl halides is 9. The van der Waals surface area contributed by atoms with Crippen LogP contribution >= 0.6 is 0 Å². The molecule has 0 radical (unpaired) electrons. The van der Waals surface area contributed by atoms with E-state index in [9.17, 15) is 39.5 Å². The number of hydrogen-bond acceptors (Lipinski definition) is 7. The van der Waals surface area contributed by atoms with Crippen LogP contribution in [0.3, 0.4) is 0 Å². The van der Waals surface area contributed by atoms with Gasteiger partial charge in [0.2, 0.25) is 0 Å². The monoisotopic (exact) mass is 682 g/mol. The molecule has 1 atom stereocenters. The highest BCUT2D eigenvalue weighted by atomic mass is 19.4. The molecule has 1 spiro atoms. The molecule has 4 rings (SSSR count). The molecule has 0 amide bonds. The maximum absolute atomic E-state index is 10.6. The molecule has 4 N–H and O–H groups in total. The zero-order valence-electron chi connectivity index (χ0n) is 24.2. The van der Waals surface area contributed by atoms with Crippen molar-refractivity contribution >= 4 is 17.9 Å². The third-order valence-corrected chi connectivity index (χ3v) is 6.45. The molecule has 2 aliphatic rings. The predicted octanol–water partition coefficient (Wildman–Crippen LogP) is 4.79. The summed E-state index contributed by atoms with van der Waals surface area (Å²) in [5, 5.41) is 29.4. The van der Waals surface area contributed by atoms with Crippen LogP contribution in [-0.2, 0) is 28.0 Å². The lowest BCUT2D eigenvalue weighted by atomic mass is 9.80. The fourth-order valence-corrected chi connectivity index (χ4v) is 4.19. The second-order valence-corrected chi connectivity index (χ2v) is 9.83. The third-order valence-electron chi connectivity index (χ3n) is 6.45. The molecule has 0 bridgehead atoms. The van der Waals surface area contributed by atoms with Gasteiger partial charge in [-0.05, 0) is 25.5 Å². The molecule has 1 aromatic heterocycles. The highest BCUT2D eigenvalue weighted by Crippen LogP contribution is 2.44. The second-order valence-electron chi connectivity index (χ2n) is 9.83. The number of halogens is 9. The first-order valence-corrected chi connectivity index (χ1v) is 13.1. The van der Waals surface area contributed by atoms with Gasteiger partial charge in [-0.15, -0.1) is 0 Å². The molecule has 1 fully saturated rings. The summed E-state index contributed by atoms with van der Waals surface area (Å²) in [5.74, 6) is -7.21. The molecule has 20 heteroatoms. The van der Waals surface area contributed by atoms with Gasteiger partial charge in [0, 0.05) is 56.5 Å². The first-order chi connectivity index (χ1) is 21.0. The molecule has 1 unspecified atom stereocenters. The van der Waals surface area contributed by atoms with Crippen molar-refractivity contribution in [2.75, 3.05) is 19.6 Å². The number of aliphatic carboxylic acids is 3. The van der Waals surface area contributed by atoms with Gasteiger partial charge in [-0.2, -0.15) is 44.6 Å². The molecular weight excluding hydrogens is 651 g/mol. The van der Waals surface area contributed by atoms with E-state index in [4.69, 9.17) is 34.4 Å². The summed E-state index contributed by atoms with van der Waals surface area (Å²) in [6.45, 7) is 6.48. The first-order valence-electron chi connectivity index (χ1n) is 13.1. The molecule has 260 valence electrons. The lowest BCUT2D eigenvalue weighted by Crippen LogP contribution is -2.51. The lowest BCUT2D eigenvalue weighted by molar-refractivity contribution is -0.193. The number of carboxylic acids is 3. The predicted molar refractivity (Wildman–Crippen MR) is 140 cm³/mol. The van der Waals surface area contributed by atoms with Crippen molar-refractivity contribution in [1.82, 2.24) is 20.0 Å². The number of rotatable bonds is 4. The topological polar surface area (TPSA) is 154 Å². The largest absolute Gasteiger partial charge is 0.490 e. The van der Waals surface area contributed by atoms with Crippen LogP contribution in [0.4, 0.5) is 39.5 Å². The van der Waals surface area contributed by atoms with E-state index in [0.717, 1.165) is 51.2 Å². The Hall–Kier alpha value is -4.07. The quantitative estimate of drug-likeness (QED) is 0.331. The van der Waals surface area contributed by atoms with Crippen molar-refractivity contribution < 1.29 is 74.0 Å². The first kappa shape index (κ1) is 40.0. The molecule has 3 heterocycles. The standard InChI is InChI=1S/C20H28N4O.3C2HF3O2/c1-3-24-10-8-20(9-11-24)12-18(17-6-4-5-7-19(17)25-20)21-13-16-14-22-23(2)15-16;3*3-2(4,5)1(6)7/h4-7,14-15,18,21H,3,8-13H2,1-2H3;3*(H,6,7). The Morgan fingerprint density at radius 2 is 1.37 bits per heavy atom. The van der Waals surface area contributed by atoms with Crippen LogP contribution in [0, 0.1) is 0 Å². The van der Waals surface area contributed by atoms with E-state index in [1.54, 1.807) is 0 Å². The number of carboxylic acid groups (broad SMARTS) is 3. The minimum absolute atomic E-state index is 0.0212. The van der Waals surface area contributed by atoms with Crippen molar-refractivity contribution in [3.63, 3.8) is 0 Å². The molecule has 0 aliphatic carbocycles. The Kier molecular flexibility index (Phi) is 14.3. The molecule has 0 saturated carbocycles. The number of piperidine rings is 1. The van der Waals surface area contributed by atoms with Crippen molar-refractivity contribution in [3.05, 3.63) is 47.8 Å². The van der Waals surface area contributed by atoms with Gasteiger partial charge in [-0.3, -0.25) is 4.68 Å². The number of likely N-dealkylation sites (tertiary alicyclic amines) is 1. The minimum Gasteiger partial charge on any atom is -0.487 e. The summed E-state index contributed by atoms with van der Waals surface area (Å²) in [7, 11) is 1.96. The zero-order chi connectivity index (χ0) is 35.5. The van der Waals surface area contributed by atoms with Crippen LogP contribution in [-0.4, -0.2) is 91.7 Å². The number of nitrogens with one attached hydrogen (secondary N) is 1. The van der Waals surface area contributed by atoms with Crippen LogP contribution in [0.5, 0.6) is 5.75 Å². The van der Waals surface area contributed by atoms with Crippen LogP contribution < -0.4 is 10.1 Å². The Morgan fingerprint density at radius 3 is 1.76 bits per heavy atom. The lowest BCUT2D eigenvalue weighted by Gasteiger charge is -2.47. The summed E-state index contributed by atoms with van der Waals surface area (Å²) in [6, 6.07) is 8.85. The molecule has 11 nitrogen and oxygen atoms in total. The summed E-state index contributed by atoms with van der Waals surface area (Å²) in [5.41, 5.74) is 2.49. The van der Waals surface area contributed by atoms with E-state index in [1.807, 2.05) is 17.9 Å². The summed E-state index contributed by atoms with van der Waals surface area (Å²) < 4.78 is 104. The van der Waals surface area contributed by atoms with E-state index >= 15 is 0 Å². The number of aromatic nitrogens is 2. The van der Waals surface area contributed by atoms with Crippen LogP contribution in [0.1, 0.15) is 43.4 Å². The average molecular weight is 683 g/mol. The third kappa shape index (κ3) is 13.5. The number of benzene rings is 1. The Balaban J connectivity index is 0.000000413. The fraction of sp³-hybridized carbons (Fsp3) is 0.538. The maximum atomic E-state index is 10.6. The van der Waals surface area contributed by atoms with E-state index in [0.29, 0.717) is 6.04 Å². The van der Waals surface area contributed by atoms with Gasteiger partial charge in [-0.25, -0.2) is 14.4 Å². The van der Waals surface area contributed by atoms with E-state index in [1.165, 1.54) is 11.1 Å². The van der Waals surface area contributed by atoms with Crippen molar-refractivity contribution in [3.8, 4) is 5.75 Å². The smallest absolute Gasteiger partial charge is 0.487 e.